The summed E-state index contributed by atoms with van der Waals surface area (Å²) in [6.07, 6.45) is 1.39. The van der Waals surface area contributed by atoms with E-state index in [9.17, 15) is 14.0 Å². The Morgan fingerprint density at radius 3 is 2.70 bits per heavy atom. The lowest BCUT2D eigenvalue weighted by Crippen LogP contribution is -2.19. The van der Waals surface area contributed by atoms with E-state index in [0.717, 1.165) is 10.7 Å². The molecule has 0 aliphatic rings. The van der Waals surface area contributed by atoms with Gasteiger partial charge in [0, 0.05) is 18.9 Å². The lowest BCUT2D eigenvalue weighted by molar-refractivity contribution is 0.0956. The lowest BCUT2D eigenvalue weighted by Gasteiger charge is -2.07. The van der Waals surface area contributed by atoms with Gasteiger partial charge in [-0.3, -0.25) is 9.59 Å². The van der Waals surface area contributed by atoms with Crippen LogP contribution < -0.4 is 16.8 Å². The number of primary amides is 1. The molecule has 8 heteroatoms. The van der Waals surface area contributed by atoms with E-state index >= 15 is 0 Å². The Kier molecular flexibility index (Phi) is 3.38. The number of nitrogens with zero attached hydrogens (tertiary/aromatic N) is 2. The standard InChI is InChI=1S/C12H12FN5O2/c1-16-12(20)9-2-3-18(17-9)10-4-6(11(15)19)8(14)5-7(10)13/h2-5H,14H2,1H3,(H2,15,19)(H,16,20). The zero-order valence-electron chi connectivity index (χ0n) is 10.6. The molecule has 7 nitrogen and oxygen atoms in total. The van der Waals surface area contributed by atoms with Crippen LogP contribution in [0.4, 0.5) is 10.1 Å². The molecule has 2 rings (SSSR count). The third-order valence-electron chi connectivity index (χ3n) is 2.68. The number of rotatable bonds is 3. The summed E-state index contributed by atoms with van der Waals surface area (Å²) in [5.74, 6) is -1.86. The first-order valence-corrected chi connectivity index (χ1v) is 5.61. The molecule has 2 aromatic rings. The molecule has 0 aliphatic carbocycles. The molecule has 104 valence electrons. The Hall–Kier alpha value is -2.90. The van der Waals surface area contributed by atoms with Gasteiger partial charge in [0.2, 0.25) is 0 Å². The molecular weight excluding hydrogens is 265 g/mol. The number of halogens is 1. The monoisotopic (exact) mass is 277 g/mol. The molecule has 1 aromatic carbocycles. The van der Waals surface area contributed by atoms with E-state index in [-0.39, 0.29) is 22.6 Å². The molecule has 5 N–H and O–H groups in total. The smallest absolute Gasteiger partial charge is 0.271 e. The minimum absolute atomic E-state index is 0.0154. The molecule has 0 atom stereocenters. The second kappa shape index (κ2) is 5.00. The minimum atomic E-state index is -0.776. The van der Waals surface area contributed by atoms with Gasteiger partial charge in [0.05, 0.1) is 5.56 Å². The van der Waals surface area contributed by atoms with E-state index < -0.39 is 17.6 Å². The van der Waals surface area contributed by atoms with Crippen LogP contribution >= 0.6 is 0 Å². The predicted molar refractivity (Wildman–Crippen MR) is 69.8 cm³/mol. The molecule has 0 fully saturated rings. The Labute approximate surface area is 113 Å². The Morgan fingerprint density at radius 1 is 1.40 bits per heavy atom. The summed E-state index contributed by atoms with van der Waals surface area (Å²) >= 11 is 0. The quantitative estimate of drug-likeness (QED) is 0.687. The number of aromatic nitrogens is 2. The first kappa shape index (κ1) is 13.5. The third kappa shape index (κ3) is 2.30. The molecule has 0 saturated heterocycles. The maximum absolute atomic E-state index is 13.9. The van der Waals surface area contributed by atoms with Crippen LogP contribution in [0.25, 0.3) is 5.69 Å². The van der Waals surface area contributed by atoms with Gasteiger partial charge in [-0.05, 0) is 18.2 Å². The van der Waals surface area contributed by atoms with Crippen LogP contribution in [0.3, 0.4) is 0 Å². The van der Waals surface area contributed by atoms with Gasteiger partial charge >= 0.3 is 0 Å². The lowest BCUT2D eigenvalue weighted by atomic mass is 10.1. The first-order chi connectivity index (χ1) is 9.43. The Morgan fingerprint density at radius 2 is 2.10 bits per heavy atom. The van der Waals surface area contributed by atoms with Crippen molar-refractivity contribution in [2.45, 2.75) is 0 Å². The van der Waals surface area contributed by atoms with Crippen LogP contribution in [-0.2, 0) is 0 Å². The minimum Gasteiger partial charge on any atom is -0.398 e. The number of benzene rings is 1. The first-order valence-electron chi connectivity index (χ1n) is 5.61. The normalized spacial score (nSPS) is 10.3. The number of carbonyl (C=O) groups is 2. The number of nitrogens with two attached hydrogens (primary N) is 2. The van der Waals surface area contributed by atoms with E-state index in [4.69, 9.17) is 11.5 Å². The number of carbonyl (C=O) groups excluding carboxylic acids is 2. The van der Waals surface area contributed by atoms with Crippen LogP contribution in [0.2, 0.25) is 0 Å². The fourth-order valence-electron chi connectivity index (χ4n) is 1.67. The van der Waals surface area contributed by atoms with Crippen LogP contribution in [0.15, 0.2) is 24.4 Å². The molecule has 1 aromatic heterocycles. The average molecular weight is 277 g/mol. The number of hydrogen-bond acceptors (Lipinski definition) is 4. The zero-order valence-corrected chi connectivity index (χ0v) is 10.6. The van der Waals surface area contributed by atoms with Gasteiger partial charge in [0.15, 0.2) is 11.5 Å². The number of anilines is 1. The number of hydrogen-bond donors (Lipinski definition) is 3. The summed E-state index contributed by atoms with van der Waals surface area (Å²) < 4.78 is 15.0. The van der Waals surface area contributed by atoms with Crippen molar-refractivity contribution in [3.63, 3.8) is 0 Å². The maximum Gasteiger partial charge on any atom is 0.271 e. The van der Waals surface area contributed by atoms with Crippen molar-refractivity contribution in [1.82, 2.24) is 15.1 Å². The van der Waals surface area contributed by atoms with Crippen molar-refractivity contribution in [2.24, 2.45) is 5.73 Å². The molecule has 20 heavy (non-hydrogen) atoms. The molecule has 0 spiro atoms. The predicted octanol–water partition coefficient (Wildman–Crippen LogP) is 0.0521. The Balaban J connectivity index is 2.52. The maximum atomic E-state index is 13.9. The third-order valence-corrected chi connectivity index (χ3v) is 2.68. The Bertz CT molecular complexity index is 695. The average Bonchev–Trinajstić information content (AvgIpc) is 2.86. The summed E-state index contributed by atoms with van der Waals surface area (Å²) in [6.45, 7) is 0. The molecule has 0 radical (unpaired) electrons. The summed E-state index contributed by atoms with van der Waals surface area (Å²) in [5, 5.41) is 6.31. The van der Waals surface area contributed by atoms with Crippen molar-refractivity contribution in [3.8, 4) is 5.69 Å². The van der Waals surface area contributed by atoms with Gasteiger partial charge in [-0.2, -0.15) is 5.10 Å². The molecule has 1 heterocycles. The molecule has 0 unspecified atom stereocenters. The fourth-order valence-corrected chi connectivity index (χ4v) is 1.67. The summed E-state index contributed by atoms with van der Waals surface area (Å²) in [7, 11) is 1.45. The van der Waals surface area contributed by atoms with E-state index in [1.165, 1.54) is 25.4 Å². The number of nitrogens with one attached hydrogen (secondary N) is 1. The van der Waals surface area contributed by atoms with Crippen molar-refractivity contribution in [1.29, 1.82) is 0 Å². The highest BCUT2D eigenvalue weighted by Crippen LogP contribution is 2.20. The van der Waals surface area contributed by atoms with Crippen molar-refractivity contribution >= 4 is 17.5 Å². The van der Waals surface area contributed by atoms with Gasteiger partial charge < -0.3 is 16.8 Å². The second-order valence-electron chi connectivity index (χ2n) is 3.98. The van der Waals surface area contributed by atoms with Gasteiger partial charge in [-0.1, -0.05) is 0 Å². The molecule has 0 saturated carbocycles. The zero-order chi connectivity index (χ0) is 14.9. The van der Waals surface area contributed by atoms with Crippen molar-refractivity contribution in [3.05, 3.63) is 41.5 Å². The molecule has 0 aliphatic heterocycles. The van der Waals surface area contributed by atoms with Crippen molar-refractivity contribution < 1.29 is 14.0 Å². The largest absolute Gasteiger partial charge is 0.398 e. The van der Waals surface area contributed by atoms with E-state index in [0.29, 0.717) is 0 Å². The van der Waals surface area contributed by atoms with E-state index in [1.807, 2.05) is 0 Å². The molecular formula is C12H12FN5O2. The highest BCUT2D eigenvalue weighted by atomic mass is 19.1. The van der Waals surface area contributed by atoms with Crippen molar-refractivity contribution in [2.75, 3.05) is 12.8 Å². The summed E-state index contributed by atoms with van der Waals surface area (Å²) in [5.41, 5.74) is 10.7. The highest BCUT2D eigenvalue weighted by molar-refractivity contribution is 5.98. The van der Waals surface area contributed by atoms with Crippen LogP contribution in [0.1, 0.15) is 20.8 Å². The fraction of sp³-hybridized carbons (Fsp3) is 0.0833. The van der Waals surface area contributed by atoms with E-state index in [1.54, 1.807) is 0 Å². The van der Waals surface area contributed by atoms with Crippen LogP contribution in [-0.4, -0.2) is 28.6 Å². The number of amides is 2. The molecule has 0 bridgehead atoms. The van der Waals surface area contributed by atoms with Gasteiger partial charge in [0.25, 0.3) is 11.8 Å². The van der Waals surface area contributed by atoms with Gasteiger partial charge in [0.1, 0.15) is 5.69 Å². The van der Waals surface area contributed by atoms with Gasteiger partial charge in [-0.25, -0.2) is 9.07 Å². The SMILES string of the molecule is CNC(=O)c1ccn(-c2cc(C(N)=O)c(N)cc2F)n1. The van der Waals surface area contributed by atoms with Crippen LogP contribution in [0.5, 0.6) is 0 Å². The highest BCUT2D eigenvalue weighted by Gasteiger charge is 2.15. The number of nitrogen functional groups attached to an aromatic ring is 1. The summed E-state index contributed by atoms with van der Waals surface area (Å²) in [6, 6.07) is 3.59. The van der Waals surface area contributed by atoms with E-state index in [2.05, 4.69) is 10.4 Å². The second-order valence-corrected chi connectivity index (χ2v) is 3.98. The summed E-state index contributed by atoms with van der Waals surface area (Å²) in [4.78, 5) is 22.6. The molecule has 2 amide bonds. The van der Waals surface area contributed by atoms with Gasteiger partial charge in [-0.15, -0.1) is 0 Å². The topological polar surface area (TPSA) is 116 Å². The van der Waals surface area contributed by atoms with Crippen LogP contribution in [0, 0.1) is 5.82 Å².